The summed E-state index contributed by atoms with van der Waals surface area (Å²) in [5.74, 6) is -0.734. The molecular formula is C31H42N4O4. The summed E-state index contributed by atoms with van der Waals surface area (Å²) in [6.45, 7) is 7.78. The third kappa shape index (κ3) is 8.17. The summed E-state index contributed by atoms with van der Waals surface area (Å²) in [5.41, 5.74) is 1.91. The Balaban J connectivity index is 1.99. The third-order valence-corrected chi connectivity index (χ3v) is 7.21. The van der Waals surface area contributed by atoms with Crippen LogP contribution >= 0.6 is 0 Å². The van der Waals surface area contributed by atoms with Crippen molar-refractivity contribution in [3.8, 4) is 5.75 Å². The van der Waals surface area contributed by atoms with Gasteiger partial charge in [0.05, 0.1) is 6.04 Å². The number of nitrogens with one attached hydrogen (secondary N) is 3. The maximum Gasteiger partial charge on any atom is 0.247 e. The molecule has 2 bridgehead atoms. The van der Waals surface area contributed by atoms with E-state index in [4.69, 9.17) is 4.74 Å². The van der Waals surface area contributed by atoms with Crippen LogP contribution in [0.15, 0.2) is 60.8 Å². The second-order valence-corrected chi connectivity index (χ2v) is 10.8. The van der Waals surface area contributed by atoms with Gasteiger partial charge >= 0.3 is 0 Å². The molecule has 3 N–H and O–H groups in total. The van der Waals surface area contributed by atoms with Crippen LogP contribution in [0.3, 0.4) is 0 Å². The third-order valence-electron chi connectivity index (χ3n) is 7.21. The average Bonchev–Trinajstić information content (AvgIpc) is 2.92. The van der Waals surface area contributed by atoms with Gasteiger partial charge in [0.25, 0.3) is 0 Å². The van der Waals surface area contributed by atoms with E-state index in [1.54, 1.807) is 12.3 Å². The first-order valence-corrected chi connectivity index (χ1v) is 13.7. The van der Waals surface area contributed by atoms with Crippen LogP contribution in [0.2, 0.25) is 0 Å². The fourth-order valence-electron chi connectivity index (χ4n) is 4.55. The number of hydrogen-bond donors (Lipinski definition) is 3. The van der Waals surface area contributed by atoms with Gasteiger partial charge in [-0.25, -0.2) is 0 Å². The predicted octanol–water partition coefficient (Wildman–Crippen LogP) is 3.38. The fourth-order valence-corrected chi connectivity index (χ4v) is 4.55. The first-order chi connectivity index (χ1) is 18.6. The Morgan fingerprint density at radius 1 is 1.00 bits per heavy atom. The van der Waals surface area contributed by atoms with Crippen molar-refractivity contribution < 1.29 is 19.1 Å². The van der Waals surface area contributed by atoms with Gasteiger partial charge in [-0.3, -0.25) is 19.3 Å². The van der Waals surface area contributed by atoms with E-state index in [-0.39, 0.29) is 23.7 Å². The van der Waals surface area contributed by atoms with Gasteiger partial charge in [0.15, 0.2) is 0 Å². The Morgan fingerprint density at radius 3 is 2.26 bits per heavy atom. The van der Waals surface area contributed by atoms with Gasteiger partial charge in [-0.2, -0.15) is 0 Å². The summed E-state index contributed by atoms with van der Waals surface area (Å²) in [4.78, 5) is 42.6. The number of nitrogens with zero attached hydrogens (tertiary/aromatic N) is 1. The molecule has 0 saturated heterocycles. The number of carbonyl (C=O) groups is 3. The Morgan fingerprint density at radius 2 is 1.67 bits per heavy atom. The molecule has 2 aromatic rings. The van der Waals surface area contributed by atoms with Crippen LogP contribution in [0, 0.1) is 11.8 Å². The lowest BCUT2D eigenvalue weighted by atomic mass is 9.94. The Kier molecular flexibility index (Phi) is 10.7. The van der Waals surface area contributed by atoms with Crippen LogP contribution in [0.1, 0.15) is 45.2 Å². The minimum Gasteiger partial charge on any atom is -0.487 e. The average molecular weight is 535 g/mol. The maximum atomic E-state index is 13.9. The highest BCUT2D eigenvalue weighted by Gasteiger charge is 2.38. The van der Waals surface area contributed by atoms with E-state index in [0.29, 0.717) is 18.6 Å². The van der Waals surface area contributed by atoms with Gasteiger partial charge in [-0.15, -0.1) is 0 Å². The van der Waals surface area contributed by atoms with Crippen LogP contribution in [0.5, 0.6) is 5.75 Å². The van der Waals surface area contributed by atoms with Crippen molar-refractivity contribution in [2.45, 2.75) is 64.8 Å². The second-order valence-electron chi connectivity index (χ2n) is 10.8. The van der Waals surface area contributed by atoms with E-state index in [2.05, 4.69) is 16.0 Å². The van der Waals surface area contributed by atoms with E-state index in [1.807, 2.05) is 101 Å². The molecule has 8 nitrogen and oxygen atoms in total. The number of ether oxygens (including phenoxy) is 1. The van der Waals surface area contributed by atoms with Gasteiger partial charge in [0.2, 0.25) is 17.7 Å². The molecular weight excluding hydrogens is 492 g/mol. The molecule has 3 amide bonds. The number of fused-ring (bicyclic) bond motifs is 10. The first kappa shape index (κ1) is 29.9. The lowest BCUT2D eigenvalue weighted by Gasteiger charge is -2.34. The largest absolute Gasteiger partial charge is 0.487 e. The molecule has 39 heavy (non-hydrogen) atoms. The molecule has 0 radical (unpaired) electrons. The zero-order valence-corrected chi connectivity index (χ0v) is 23.8. The van der Waals surface area contributed by atoms with Crippen LogP contribution in [-0.2, 0) is 20.8 Å². The Labute approximate surface area is 232 Å². The highest BCUT2D eigenvalue weighted by Crippen LogP contribution is 2.21. The van der Waals surface area contributed by atoms with Gasteiger partial charge < -0.3 is 20.7 Å². The summed E-state index contributed by atoms with van der Waals surface area (Å²) in [7, 11) is 3.69. The molecule has 2 aromatic carbocycles. The van der Waals surface area contributed by atoms with Crippen molar-refractivity contribution in [3.63, 3.8) is 0 Å². The molecule has 4 rings (SSSR count). The lowest BCUT2D eigenvalue weighted by Crippen LogP contribution is -2.62. The molecule has 0 unspecified atom stereocenters. The van der Waals surface area contributed by atoms with E-state index >= 15 is 0 Å². The second kappa shape index (κ2) is 13.9. The Hall–Kier alpha value is -3.65. The SMILES string of the molecule is CC[C@H](C)[C@@H]1NC(=O)[C@@H](NC(=O)[C@H](Cc2ccccc2)N(C)C)[C@H](C(C)C)Oc2ccc(cc2)C=CNC1=O. The Bertz CT molecular complexity index is 1130. The minimum atomic E-state index is -1.03. The maximum absolute atomic E-state index is 13.9. The quantitative estimate of drug-likeness (QED) is 0.482. The van der Waals surface area contributed by atoms with Crippen LogP contribution in [0.25, 0.3) is 6.08 Å². The van der Waals surface area contributed by atoms with Crippen LogP contribution in [0.4, 0.5) is 0 Å². The summed E-state index contributed by atoms with van der Waals surface area (Å²) in [6.07, 6.45) is 3.85. The normalized spacial score (nSPS) is 21.5. The molecule has 0 aliphatic carbocycles. The predicted molar refractivity (Wildman–Crippen MR) is 154 cm³/mol. The highest BCUT2D eigenvalue weighted by atomic mass is 16.5. The van der Waals surface area contributed by atoms with Gasteiger partial charge in [-0.1, -0.05) is 76.6 Å². The van der Waals surface area contributed by atoms with Gasteiger partial charge in [0, 0.05) is 6.20 Å². The molecule has 210 valence electrons. The standard InChI is InChI=1S/C31H42N4O4/c1-7-21(4)26-30(37)32-18-17-22-13-15-24(16-14-22)39-28(20(2)3)27(31(38)33-26)34-29(36)25(35(5)6)19-23-11-9-8-10-12-23/h8-18,20-21,25-28H,7,19H2,1-6H3,(H,32,37)(H,33,38)(H,34,36)/t21-,25-,26-,27-,28-/m0/s1. The summed E-state index contributed by atoms with van der Waals surface area (Å²) >= 11 is 0. The van der Waals surface area contributed by atoms with Crippen molar-refractivity contribution in [2.24, 2.45) is 11.8 Å². The molecule has 2 aliphatic heterocycles. The molecule has 0 aromatic heterocycles. The van der Waals surface area contributed by atoms with Crippen molar-refractivity contribution in [2.75, 3.05) is 14.1 Å². The molecule has 0 fully saturated rings. The number of carbonyl (C=O) groups excluding carboxylic acids is 3. The number of rotatable bonds is 8. The highest BCUT2D eigenvalue weighted by molar-refractivity contribution is 5.94. The summed E-state index contributed by atoms with van der Waals surface area (Å²) < 4.78 is 6.35. The number of likely N-dealkylation sites (N-methyl/N-ethyl adjacent to an activating group) is 1. The smallest absolute Gasteiger partial charge is 0.247 e. The van der Waals surface area contributed by atoms with Crippen LogP contribution in [-0.4, -0.2) is 60.9 Å². The van der Waals surface area contributed by atoms with Crippen molar-refractivity contribution in [1.29, 1.82) is 0 Å². The van der Waals surface area contributed by atoms with Crippen molar-refractivity contribution >= 4 is 23.8 Å². The van der Waals surface area contributed by atoms with E-state index in [1.165, 1.54) is 0 Å². The van der Waals surface area contributed by atoms with Crippen molar-refractivity contribution in [3.05, 3.63) is 71.9 Å². The molecule has 0 saturated carbocycles. The zero-order valence-electron chi connectivity index (χ0n) is 23.8. The minimum absolute atomic E-state index is 0.128. The molecule has 5 atom stereocenters. The van der Waals surface area contributed by atoms with Gasteiger partial charge in [0.1, 0.15) is 23.9 Å². The van der Waals surface area contributed by atoms with Gasteiger partial charge in [-0.05, 0) is 61.7 Å². The molecule has 2 aliphatic rings. The zero-order chi connectivity index (χ0) is 28.5. The summed E-state index contributed by atoms with van der Waals surface area (Å²) in [6, 6.07) is 14.8. The van der Waals surface area contributed by atoms with Crippen LogP contribution < -0.4 is 20.7 Å². The first-order valence-electron chi connectivity index (χ1n) is 13.7. The van der Waals surface area contributed by atoms with E-state index in [9.17, 15) is 14.4 Å². The molecule has 2 heterocycles. The molecule has 0 spiro atoms. The number of benzene rings is 2. The fraction of sp³-hybridized carbons (Fsp3) is 0.452. The topological polar surface area (TPSA) is 99.8 Å². The number of hydrogen-bond acceptors (Lipinski definition) is 5. The monoisotopic (exact) mass is 534 g/mol. The molecule has 8 heteroatoms. The number of amides is 3. The van der Waals surface area contributed by atoms with E-state index < -0.39 is 30.1 Å². The van der Waals surface area contributed by atoms with E-state index in [0.717, 1.165) is 11.1 Å². The lowest BCUT2D eigenvalue weighted by molar-refractivity contribution is -0.136. The summed E-state index contributed by atoms with van der Waals surface area (Å²) in [5, 5.41) is 8.73. The van der Waals surface area contributed by atoms with Crippen molar-refractivity contribution in [1.82, 2.24) is 20.9 Å².